The van der Waals surface area contributed by atoms with Gasteiger partial charge in [-0.3, -0.25) is 0 Å². The van der Waals surface area contributed by atoms with Crippen LogP contribution < -0.4 is 10.5 Å². The molecule has 1 aromatic rings. The molecule has 2 N–H and O–H groups in total. The molecule has 1 aromatic carbocycles. The molecule has 2 heteroatoms. The molecule has 70 valence electrons. The third-order valence-corrected chi connectivity index (χ3v) is 1.96. The molecular formula is C11H15NO. The number of hydrogen-bond donors (Lipinski definition) is 1. The SMILES string of the molecule is C=CC[C@@H](N)c1ccc(OC)cc1. The van der Waals surface area contributed by atoms with Gasteiger partial charge in [-0.25, -0.2) is 0 Å². The molecule has 0 aliphatic heterocycles. The van der Waals surface area contributed by atoms with Gasteiger partial charge in [0.1, 0.15) is 5.75 Å². The smallest absolute Gasteiger partial charge is 0.118 e. The molecule has 1 rings (SSSR count). The van der Waals surface area contributed by atoms with Crippen LogP contribution >= 0.6 is 0 Å². The molecule has 0 aromatic heterocycles. The minimum atomic E-state index is 0.0448. The largest absolute Gasteiger partial charge is 0.497 e. The van der Waals surface area contributed by atoms with Crippen LogP contribution in [0.4, 0.5) is 0 Å². The van der Waals surface area contributed by atoms with Gasteiger partial charge < -0.3 is 10.5 Å². The van der Waals surface area contributed by atoms with E-state index in [0.717, 1.165) is 17.7 Å². The molecule has 0 fully saturated rings. The monoisotopic (exact) mass is 177 g/mol. The summed E-state index contributed by atoms with van der Waals surface area (Å²) < 4.78 is 5.05. The van der Waals surface area contributed by atoms with Crippen LogP contribution in [0.3, 0.4) is 0 Å². The van der Waals surface area contributed by atoms with E-state index >= 15 is 0 Å². The van der Waals surface area contributed by atoms with Gasteiger partial charge in [-0.2, -0.15) is 0 Å². The molecule has 0 unspecified atom stereocenters. The topological polar surface area (TPSA) is 35.2 Å². The van der Waals surface area contributed by atoms with Crippen LogP contribution in [0.5, 0.6) is 5.75 Å². The summed E-state index contributed by atoms with van der Waals surface area (Å²) in [4.78, 5) is 0. The molecule has 0 saturated carbocycles. The van der Waals surface area contributed by atoms with Gasteiger partial charge in [0, 0.05) is 6.04 Å². The molecule has 13 heavy (non-hydrogen) atoms. The first-order chi connectivity index (χ1) is 6.27. The van der Waals surface area contributed by atoms with Crippen molar-refractivity contribution in [2.45, 2.75) is 12.5 Å². The Hall–Kier alpha value is -1.28. The lowest BCUT2D eigenvalue weighted by Crippen LogP contribution is -2.08. The number of rotatable bonds is 4. The fourth-order valence-corrected chi connectivity index (χ4v) is 1.17. The zero-order valence-corrected chi connectivity index (χ0v) is 7.86. The Morgan fingerprint density at radius 3 is 2.54 bits per heavy atom. The van der Waals surface area contributed by atoms with Gasteiger partial charge >= 0.3 is 0 Å². The first-order valence-electron chi connectivity index (χ1n) is 4.28. The van der Waals surface area contributed by atoms with Gasteiger partial charge in [-0.1, -0.05) is 18.2 Å². The molecule has 0 spiro atoms. The fourth-order valence-electron chi connectivity index (χ4n) is 1.17. The lowest BCUT2D eigenvalue weighted by Gasteiger charge is -2.09. The fraction of sp³-hybridized carbons (Fsp3) is 0.273. The quantitative estimate of drug-likeness (QED) is 0.716. The highest BCUT2D eigenvalue weighted by Crippen LogP contribution is 2.18. The summed E-state index contributed by atoms with van der Waals surface area (Å²) in [6, 6.07) is 7.83. The van der Waals surface area contributed by atoms with Crippen LogP contribution in [-0.2, 0) is 0 Å². The molecular weight excluding hydrogens is 162 g/mol. The van der Waals surface area contributed by atoms with Gasteiger partial charge in [0.15, 0.2) is 0 Å². The van der Waals surface area contributed by atoms with E-state index in [1.54, 1.807) is 7.11 Å². The maximum absolute atomic E-state index is 5.88. The Labute approximate surface area is 79.0 Å². The zero-order chi connectivity index (χ0) is 9.68. The van der Waals surface area contributed by atoms with Crippen molar-refractivity contribution in [3.8, 4) is 5.75 Å². The Bertz CT molecular complexity index is 266. The lowest BCUT2D eigenvalue weighted by atomic mass is 10.1. The van der Waals surface area contributed by atoms with Crippen molar-refractivity contribution in [1.82, 2.24) is 0 Å². The van der Waals surface area contributed by atoms with Crippen molar-refractivity contribution in [2.24, 2.45) is 5.73 Å². The summed E-state index contributed by atoms with van der Waals surface area (Å²) in [5.41, 5.74) is 7.00. The Kier molecular flexibility index (Phi) is 3.53. The maximum Gasteiger partial charge on any atom is 0.118 e. The van der Waals surface area contributed by atoms with Gasteiger partial charge in [0.25, 0.3) is 0 Å². The van der Waals surface area contributed by atoms with Crippen LogP contribution in [-0.4, -0.2) is 7.11 Å². The molecule has 1 atom stereocenters. The molecule has 0 radical (unpaired) electrons. The molecule has 0 heterocycles. The maximum atomic E-state index is 5.88. The van der Waals surface area contributed by atoms with Crippen LogP contribution in [0, 0.1) is 0 Å². The van der Waals surface area contributed by atoms with Crippen LogP contribution in [0.1, 0.15) is 18.0 Å². The average molecular weight is 177 g/mol. The highest BCUT2D eigenvalue weighted by Gasteiger charge is 2.02. The van der Waals surface area contributed by atoms with Crippen molar-refractivity contribution >= 4 is 0 Å². The number of nitrogens with two attached hydrogens (primary N) is 1. The average Bonchev–Trinajstić information content (AvgIpc) is 2.18. The second-order valence-corrected chi connectivity index (χ2v) is 2.90. The molecule has 0 bridgehead atoms. The van der Waals surface area contributed by atoms with E-state index in [4.69, 9.17) is 10.5 Å². The lowest BCUT2D eigenvalue weighted by molar-refractivity contribution is 0.414. The summed E-state index contributed by atoms with van der Waals surface area (Å²) >= 11 is 0. The predicted molar refractivity (Wildman–Crippen MR) is 54.7 cm³/mol. The third kappa shape index (κ3) is 2.60. The molecule has 0 aliphatic carbocycles. The van der Waals surface area contributed by atoms with Crippen molar-refractivity contribution in [1.29, 1.82) is 0 Å². The summed E-state index contributed by atoms with van der Waals surface area (Å²) in [5, 5.41) is 0. The summed E-state index contributed by atoms with van der Waals surface area (Å²) in [6.45, 7) is 3.66. The summed E-state index contributed by atoms with van der Waals surface area (Å²) in [7, 11) is 1.65. The minimum Gasteiger partial charge on any atom is -0.497 e. The van der Waals surface area contributed by atoms with Gasteiger partial charge in [-0.05, 0) is 24.1 Å². The van der Waals surface area contributed by atoms with Crippen molar-refractivity contribution in [2.75, 3.05) is 7.11 Å². The first kappa shape index (κ1) is 9.81. The molecule has 0 amide bonds. The number of methoxy groups -OCH3 is 1. The van der Waals surface area contributed by atoms with Gasteiger partial charge in [0.05, 0.1) is 7.11 Å². The van der Waals surface area contributed by atoms with Crippen LogP contribution in [0.2, 0.25) is 0 Å². The molecule has 2 nitrogen and oxygen atoms in total. The van der Waals surface area contributed by atoms with E-state index in [1.165, 1.54) is 0 Å². The molecule has 0 saturated heterocycles. The van der Waals surface area contributed by atoms with E-state index in [-0.39, 0.29) is 6.04 Å². The number of hydrogen-bond acceptors (Lipinski definition) is 2. The Morgan fingerprint density at radius 2 is 2.08 bits per heavy atom. The summed E-state index contributed by atoms with van der Waals surface area (Å²) in [5.74, 6) is 0.856. The predicted octanol–water partition coefficient (Wildman–Crippen LogP) is 2.27. The van der Waals surface area contributed by atoms with Crippen molar-refractivity contribution in [3.63, 3.8) is 0 Å². The molecule has 0 aliphatic rings. The highest BCUT2D eigenvalue weighted by molar-refractivity contribution is 5.29. The highest BCUT2D eigenvalue weighted by atomic mass is 16.5. The Morgan fingerprint density at radius 1 is 1.46 bits per heavy atom. The zero-order valence-electron chi connectivity index (χ0n) is 7.86. The first-order valence-corrected chi connectivity index (χ1v) is 4.28. The van der Waals surface area contributed by atoms with Crippen molar-refractivity contribution < 1.29 is 4.74 Å². The minimum absolute atomic E-state index is 0.0448. The van der Waals surface area contributed by atoms with E-state index in [1.807, 2.05) is 30.3 Å². The number of benzene rings is 1. The standard InChI is InChI=1S/C11H15NO/c1-3-4-11(12)9-5-7-10(13-2)8-6-9/h3,5-8,11H,1,4,12H2,2H3/t11-/m1/s1. The van der Waals surface area contributed by atoms with E-state index in [0.29, 0.717) is 0 Å². The summed E-state index contributed by atoms with van der Waals surface area (Å²) in [6.07, 6.45) is 2.63. The normalized spacial score (nSPS) is 12.2. The second-order valence-electron chi connectivity index (χ2n) is 2.90. The van der Waals surface area contributed by atoms with E-state index in [9.17, 15) is 0 Å². The van der Waals surface area contributed by atoms with E-state index in [2.05, 4.69) is 6.58 Å². The second kappa shape index (κ2) is 4.67. The van der Waals surface area contributed by atoms with Gasteiger partial charge in [0.2, 0.25) is 0 Å². The van der Waals surface area contributed by atoms with Gasteiger partial charge in [-0.15, -0.1) is 6.58 Å². The van der Waals surface area contributed by atoms with Crippen molar-refractivity contribution in [3.05, 3.63) is 42.5 Å². The van der Waals surface area contributed by atoms with Crippen LogP contribution in [0.15, 0.2) is 36.9 Å². The van der Waals surface area contributed by atoms with E-state index < -0.39 is 0 Å². The third-order valence-electron chi connectivity index (χ3n) is 1.96. The number of ether oxygens (including phenoxy) is 1. The van der Waals surface area contributed by atoms with Crippen LogP contribution in [0.25, 0.3) is 0 Å². The Balaban J connectivity index is 2.73.